The molecule has 1 aliphatic carbocycles. The highest BCUT2D eigenvalue weighted by molar-refractivity contribution is 8.00. The van der Waals surface area contributed by atoms with E-state index in [9.17, 15) is 4.79 Å². The maximum Gasteiger partial charge on any atom is 0.250 e. The second-order valence-electron chi connectivity index (χ2n) is 4.99. The van der Waals surface area contributed by atoms with Gasteiger partial charge in [-0.3, -0.25) is 4.79 Å². The Morgan fingerprint density at radius 3 is 2.62 bits per heavy atom. The molecule has 3 nitrogen and oxygen atoms in total. The number of hydrazone groups is 1. The van der Waals surface area contributed by atoms with E-state index in [2.05, 4.69) is 10.5 Å². The molecule has 0 radical (unpaired) electrons. The molecule has 1 N–H and O–H groups in total. The zero-order valence-electron chi connectivity index (χ0n) is 11.7. The molecule has 1 fully saturated rings. The fraction of sp³-hybridized carbons (Fsp3) is 0.467. The van der Waals surface area contributed by atoms with Gasteiger partial charge in [0.05, 0.1) is 10.8 Å². The molecular formula is C15H18Cl2N2OS. The summed E-state index contributed by atoms with van der Waals surface area (Å²) in [5, 5.41) is 5.46. The summed E-state index contributed by atoms with van der Waals surface area (Å²) in [4.78, 5) is 12.6. The molecule has 6 heteroatoms. The zero-order chi connectivity index (χ0) is 15.1. The number of nitrogens with zero attached hydrogens (tertiary/aromatic N) is 1. The number of thioether (sulfide) groups is 1. The van der Waals surface area contributed by atoms with E-state index in [1.54, 1.807) is 18.2 Å². The van der Waals surface area contributed by atoms with Crippen molar-refractivity contribution in [3.63, 3.8) is 0 Å². The number of rotatable bonds is 4. The van der Waals surface area contributed by atoms with Gasteiger partial charge >= 0.3 is 0 Å². The molecule has 114 valence electrons. The summed E-state index contributed by atoms with van der Waals surface area (Å²) in [5.41, 5.74) is 3.74. The van der Waals surface area contributed by atoms with E-state index in [1.807, 2.05) is 0 Å². The van der Waals surface area contributed by atoms with Crippen LogP contribution < -0.4 is 5.43 Å². The Kier molecular flexibility index (Phi) is 6.87. The molecular weight excluding hydrogens is 327 g/mol. The first kappa shape index (κ1) is 16.7. The van der Waals surface area contributed by atoms with Gasteiger partial charge in [0.15, 0.2) is 0 Å². The summed E-state index contributed by atoms with van der Waals surface area (Å²) < 4.78 is 0. The van der Waals surface area contributed by atoms with Crippen LogP contribution in [0.2, 0.25) is 10.0 Å². The van der Waals surface area contributed by atoms with Crippen LogP contribution in [0.5, 0.6) is 0 Å². The Labute approximate surface area is 139 Å². The van der Waals surface area contributed by atoms with Gasteiger partial charge in [-0.25, -0.2) is 5.43 Å². The number of amides is 1. The summed E-state index contributed by atoms with van der Waals surface area (Å²) in [6.07, 6.45) is 6.84. The fourth-order valence-corrected chi connectivity index (χ4v) is 3.44. The standard InChI is InChI=1S/C15H18Cl2N2OS/c16-11-7-8-13(17)14(9-11)21-10-15(20)19-18-12-5-3-1-2-4-6-12/h7-9H,1-6,10H2,(H,19,20). The SMILES string of the molecule is O=C(CSc1cc(Cl)ccc1Cl)NN=C1CCCCCC1. The summed E-state index contributed by atoms with van der Waals surface area (Å²) in [6.45, 7) is 0. The van der Waals surface area contributed by atoms with Crippen molar-refractivity contribution in [2.24, 2.45) is 5.10 Å². The number of carbonyl (C=O) groups is 1. The largest absolute Gasteiger partial charge is 0.272 e. The molecule has 0 aromatic heterocycles. The number of hydrogen-bond acceptors (Lipinski definition) is 3. The molecule has 1 aromatic rings. The van der Waals surface area contributed by atoms with Crippen molar-refractivity contribution in [1.29, 1.82) is 0 Å². The lowest BCUT2D eigenvalue weighted by molar-refractivity contribution is -0.118. The summed E-state index contributed by atoms with van der Waals surface area (Å²) >= 11 is 13.3. The Hall–Kier alpha value is -0.710. The van der Waals surface area contributed by atoms with Gasteiger partial charge in [-0.05, 0) is 43.9 Å². The van der Waals surface area contributed by atoms with Crippen LogP contribution in [0.15, 0.2) is 28.2 Å². The highest BCUT2D eigenvalue weighted by Crippen LogP contribution is 2.29. The van der Waals surface area contributed by atoms with Crippen molar-refractivity contribution in [2.45, 2.75) is 43.4 Å². The molecule has 0 unspecified atom stereocenters. The average Bonchev–Trinajstić information content (AvgIpc) is 2.74. The monoisotopic (exact) mass is 344 g/mol. The molecule has 1 amide bonds. The average molecular weight is 345 g/mol. The first-order valence-electron chi connectivity index (χ1n) is 7.07. The topological polar surface area (TPSA) is 41.5 Å². The first-order valence-corrected chi connectivity index (χ1v) is 8.81. The molecule has 0 saturated heterocycles. The molecule has 0 atom stereocenters. The van der Waals surface area contributed by atoms with E-state index >= 15 is 0 Å². The minimum Gasteiger partial charge on any atom is -0.272 e. The minimum absolute atomic E-state index is 0.118. The third-order valence-corrected chi connectivity index (χ3v) is 5.00. The van der Waals surface area contributed by atoms with E-state index in [0.29, 0.717) is 10.0 Å². The maximum atomic E-state index is 11.8. The third-order valence-electron chi connectivity index (χ3n) is 3.27. The highest BCUT2D eigenvalue weighted by atomic mass is 35.5. The van der Waals surface area contributed by atoms with Gasteiger partial charge < -0.3 is 0 Å². The van der Waals surface area contributed by atoms with E-state index in [4.69, 9.17) is 23.2 Å². The molecule has 21 heavy (non-hydrogen) atoms. The Morgan fingerprint density at radius 1 is 1.19 bits per heavy atom. The van der Waals surface area contributed by atoms with E-state index < -0.39 is 0 Å². The van der Waals surface area contributed by atoms with Gasteiger partial charge in [0.1, 0.15) is 0 Å². The van der Waals surface area contributed by atoms with Crippen LogP contribution in [0.3, 0.4) is 0 Å². The molecule has 1 aromatic carbocycles. The van der Waals surface area contributed by atoms with Crippen molar-refractivity contribution in [1.82, 2.24) is 5.43 Å². The number of nitrogens with one attached hydrogen (secondary N) is 1. The quantitative estimate of drug-likeness (QED) is 0.478. The number of halogens is 2. The molecule has 2 rings (SSSR count). The van der Waals surface area contributed by atoms with Crippen LogP contribution >= 0.6 is 35.0 Å². The van der Waals surface area contributed by atoms with Gasteiger partial charge in [0, 0.05) is 15.6 Å². The first-order chi connectivity index (χ1) is 10.1. The number of hydrogen-bond donors (Lipinski definition) is 1. The Morgan fingerprint density at radius 2 is 1.90 bits per heavy atom. The minimum atomic E-state index is -0.118. The van der Waals surface area contributed by atoms with Gasteiger partial charge in [-0.1, -0.05) is 36.0 Å². The van der Waals surface area contributed by atoms with Crippen LogP contribution in [0.1, 0.15) is 38.5 Å². The third kappa shape index (κ3) is 5.89. The Balaban J connectivity index is 1.81. The lowest BCUT2D eigenvalue weighted by Gasteiger charge is -2.05. The van der Waals surface area contributed by atoms with E-state index in [1.165, 1.54) is 37.4 Å². The molecule has 0 spiro atoms. The molecule has 0 aliphatic heterocycles. The van der Waals surface area contributed by atoms with E-state index in [-0.39, 0.29) is 11.7 Å². The van der Waals surface area contributed by atoms with Crippen LogP contribution in [0, 0.1) is 0 Å². The number of carbonyl (C=O) groups excluding carboxylic acids is 1. The van der Waals surface area contributed by atoms with Gasteiger partial charge in [0.25, 0.3) is 0 Å². The fourth-order valence-electron chi connectivity index (χ4n) is 2.15. The summed E-state index contributed by atoms with van der Waals surface area (Å²) in [6, 6.07) is 5.22. The van der Waals surface area contributed by atoms with Crippen LogP contribution in [0.4, 0.5) is 0 Å². The molecule has 1 aliphatic rings. The zero-order valence-corrected chi connectivity index (χ0v) is 14.0. The molecule has 1 saturated carbocycles. The lowest BCUT2D eigenvalue weighted by atomic mass is 10.2. The molecule has 0 heterocycles. The predicted molar refractivity (Wildman–Crippen MR) is 90.5 cm³/mol. The van der Waals surface area contributed by atoms with Crippen molar-refractivity contribution in [3.05, 3.63) is 28.2 Å². The van der Waals surface area contributed by atoms with Crippen LogP contribution in [0.25, 0.3) is 0 Å². The van der Waals surface area contributed by atoms with Crippen molar-refractivity contribution in [2.75, 3.05) is 5.75 Å². The molecule has 0 bridgehead atoms. The smallest absolute Gasteiger partial charge is 0.250 e. The second kappa shape index (κ2) is 8.66. The van der Waals surface area contributed by atoms with Crippen LogP contribution in [-0.2, 0) is 4.79 Å². The summed E-state index contributed by atoms with van der Waals surface area (Å²) in [5.74, 6) is 0.157. The van der Waals surface area contributed by atoms with E-state index in [0.717, 1.165) is 23.4 Å². The Bertz CT molecular complexity index is 524. The van der Waals surface area contributed by atoms with Crippen molar-refractivity contribution >= 4 is 46.6 Å². The number of benzene rings is 1. The summed E-state index contributed by atoms with van der Waals surface area (Å²) in [7, 11) is 0. The second-order valence-corrected chi connectivity index (χ2v) is 6.85. The normalized spacial score (nSPS) is 15.4. The van der Waals surface area contributed by atoms with Crippen molar-refractivity contribution < 1.29 is 4.79 Å². The van der Waals surface area contributed by atoms with Crippen LogP contribution in [-0.4, -0.2) is 17.4 Å². The predicted octanol–water partition coefficient (Wildman–Crippen LogP) is 4.91. The van der Waals surface area contributed by atoms with Gasteiger partial charge in [-0.15, -0.1) is 11.8 Å². The highest BCUT2D eigenvalue weighted by Gasteiger charge is 2.08. The maximum absolute atomic E-state index is 11.8. The van der Waals surface area contributed by atoms with Gasteiger partial charge in [0.2, 0.25) is 5.91 Å². The van der Waals surface area contributed by atoms with Gasteiger partial charge in [-0.2, -0.15) is 5.10 Å². The lowest BCUT2D eigenvalue weighted by Crippen LogP contribution is -2.21. The van der Waals surface area contributed by atoms with Crippen molar-refractivity contribution in [3.8, 4) is 0 Å².